The number of carbonyl (C=O) groups is 1. The second kappa shape index (κ2) is 9.98. The first-order valence-electron chi connectivity index (χ1n) is 9.65. The number of hydrogen-bond acceptors (Lipinski definition) is 6. The monoisotopic (exact) mass is 414 g/mol. The number of ether oxygens (including phenoxy) is 2. The Hall–Kier alpha value is -3.26. The van der Waals surface area contributed by atoms with Gasteiger partial charge >= 0.3 is 11.7 Å². The average Bonchev–Trinajstić information content (AvgIpc) is 2.77. The van der Waals surface area contributed by atoms with Crippen LogP contribution in [-0.4, -0.2) is 49.1 Å². The van der Waals surface area contributed by atoms with Crippen LogP contribution in [0.2, 0.25) is 0 Å². The van der Waals surface area contributed by atoms with Gasteiger partial charge in [-0.3, -0.25) is 15.0 Å². The topological polar surface area (TPSA) is 81.9 Å². The maximum absolute atomic E-state index is 13.1. The Bertz CT molecular complexity index is 943. The Morgan fingerprint density at radius 2 is 2.00 bits per heavy atom. The van der Waals surface area contributed by atoms with E-state index in [9.17, 15) is 19.3 Å². The van der Waals surface area contributed by atoms with E-state index in [2.05, 4.69) is 15.7 Å². The molecule has 0 amide bonds. The number of nitro benzene ring substituents is 1. The normalized spacial score (nSPS) is 14.1. The maximum atomic E-state index is 13.1. The number of nitrogens with zero attached hydrogens (tertiary/aromatic N) is 2. The lowest BCUT2D eigenvalue weighted by Gasteiger charge is -2.26. The summed E-state index contributed by atoms with van der Waals surface area (Å²) in [4.78, 5) is 24.8. The van der Waals surface area contributed by atoms with E-state index in [0.29, 0.717) is 6.42 Å². The molecule has 0 unspecified atom stereocenters. The second-order valence-electron chi connectivity index (χ2n) is 6.89. The summed E-state index contributed by atoms with van der Waals surface area (Å²) in [5.41, 5.74) is 2.01. The third-order valence-electron chi connectivity index (χ3n) is 4.97. The molecule has 0 aliphatic carbocycles. The first-order valence-corrected chi connectivity index (χ1v) is 9.65. The van der Waals surface area contributed by atoms with Crippen LogP contribution in [0, 0.1) is 15.9 Å². The summed E-state index contributed by atoms with van der Waals surface area (Å²) < 4.78 is 23.4. The molecule has 1 aliphatic heterocycles. The molecule has 0 atom stereocenters. The van der Waals surface area contributed by atoms with E-state index in [-0.39, 0.29) is 29.4 Å². The second-order valence-corrected chi connectivity index (χ2v) is 6.89. The number of benzene rings is 2. The molecule has 7 nitrogen and oxygen atoms in total. The van der Waals surface area contributed by atoms with Gasteiger partial charge in [0.05, 0.1) is 18.6 Å². The molecule has 2 aromatic carbocycles. The van der Waals surface area contributed by atoms with E-state index >= 15 is 0 Å². The summed E-state index contributed by atoms with van der Waals surface area (Å²) in [5, 5.41) is 11.3. The van der Waals surface area contributed by atoms with Crippen LogP contribution in [0.25, 0.3) is 5.57 Å². The van der Waals surface area contributed by atoms with Gasteiger partial charge in [-0.2, -0.15) is 0 Å². The highest BCUT2D eigenvalue weighted by atomic mass is 19.1. The van der Waals surface area contributed by atoms with Gasteiger partial charge in [-0.15, -0.1) is 0 Å². The highest BCUT2D eigenvalue weighted by molar-refractivity contribution is 5.94. The zero-order valence-electron chi connectivity index (χ0n) is 16.7. The zero-order valence-corrected chi connectivity index (χ0v) is 16.7. The third kappa shape index (κ3) is 5.21. The van der Waals surface area contributed by atoms with Crippen molar-refractivity contribution in [3.63, 3.8) is 0 Å². The zero-order chi connectivity index (χ0) is 21.5. The van der Waals surface area contributed by atoms with E-state index in [1.165, 1.54) is 43.0 Å². The Kier molecular flexibility index (Phi) is 7.13. The third-order valence-corrected chi connectivity index (χ3v) is 4.97. The minimum absolute atomic E-state index is 0.0385. The molecule has 30 heavy (non-hydrogen) atoms. The Morgan fingerprint density at radius 1 is 1.23 bits per heavy atom. The van der Waals surface area contributed by atoms with E-state index in [1.807, 2.05) is 0 Å². The van der Waals surface area contributed by atoms with Crippen molar-refractivity contribution in [2.45, 2.75) is 12.8 Å². The standard InChI is InChI=1S/C22H23FN2O5/c1-29-22(26)19-4-2-5-20(25(27)28)21(19)30-15-3-12-24-13-10-17(11-14-24)16-6-8-18(23)9-7-16/h2,4-10H,3,11-15H2,1H3. The molecule has 8 heteroatoms. The molecular weight excluding hydrogens is 391 g/mol. The van der Waals surface area contributed by atoms with Crippen LogP contribution in [0.5, 0.6) is 5.75 Å². The quantitative estimate of drug-likeness (QED) is 0.280. The number of rotatable bonds is 8. The molecule has 158 valence electrons. The molecule has 3 rings (SSSR count). The number of carbonyl (C=O) groups excluding carboxylic acids is 1. The average molecular weight is 414 g/mol. The van der Waals surface area contributed by atoms with Crippen LogP contribution >= 0.6 is 0 Å². The largest absolute Gasteiger partial charge is 0.486 e. The Morgan fingerprint density at radius 3 is 2.63 bits per heavy atom. The van der Waals surface area contributed by atoms with E-state index < -0.39 is 10.9 Å². The lowest BCUT2D eigenvalue weighted by Crippen LogP contribution is -2.30. The number of halogens is 1. The molecule has 1 heterocycles. The first kappa shape index (κ1) is 21.4. The van der Waals surface area contributed by atoms with Crippen molar-refractivity contribution in [1.82, 2.24) is 4.90 Å². The van der Waals surface area contributed by atoms with Crippen LogP contribution in [0.1, 0.15) is 28.8 Å². The van der Waals surface area contributed by atoms with Crippen LogP contribution in [0.15, 0.2) is 48.5 Å². The van der Waals surface area contributed by atoms with E-state index in [0.717, 1.165) is 31.6 Å². The van der Waals surface area contributed by atoms with Crippen LogP contribution in [-0.2, 0) is 4.74 Å². The lowest BCUT2D eigenvalue weighted by molar-refractivity contribution is -0.385. The van der Waals surface area contributed by atoms with Gasteiger partial charge in [-0.25, -0.2) is 9.18 Å². The van der Waals surface area contributed by atoms with Gasteiger partial charge in [-0.05, 0) is 42.2 Å². The molecular formula is C22H23FN2O5. The van der Waals surface area contributed by atoms with E-state index in [1.54, 1.807) is 12.1 Å². The lowest BCUT2D eigenvalue weighted by atomic mass is 9.99. The molecule has 2 aromatic rings. The molecule has 0 saturated carbocycles. The van der Waals surface area contributed by atoms with Crippen LogP contribution in [0.3, 0.4) is 0 Å². The van der Waals surface area contributed by atoms with Gasteiger partial charge in [-0.1, -0.05) is 24.3 Å². The van der Waals surface area contributed by atoms with Gasteiger partial charge in [0.15, 0.2) is 0 Å². The van der Waals surface area contributed by atoms with E-state index in [4.69, 9.17) is 4.74 Å². The minimum atomic E-state index is -0.678. The number of esters is 1. The Balaban J connectivity index is 1.54. The number of methoxy groups -OCH3 is 1. The van der Waals surface area contributed by atoms with Crippen molar-refractivity contribution in [3.8, 4) is 5.75 Å². The smallest absolute Gasteiger partial charge is 0.341 e. The van der Waals surface area contributed by atoms with Crippen molar-refractivity contribution in [2.75, 3.05) is 33.4 Å². The van der Waals surface area contributed by atoms with Gasteiger partial charge < -0.3 is 9.47 Å². The molecule has 0 radical (unpaired) electrons. The summed E-state index contributed by atoms with van der Waals surface area (Å²) in [6.07, 6.45) is 3.64. The summed E-state index contributed by atoms with van der Waals surface area (Å²) >= 11 is 0. The number of para-hydroxylation sites is 1. The maximum Gasteiger partial charge on any atom is 0.341 e. The summed E-state index contributed by atoms with van der Waals surface area (Å²) in [7, 11) is 1.22. The van der Waals surface area contributed by atoms with Crippen molar-refractivity contribution >= 4 is 17.2 Å². The SMILES string of the molecule is COC(=O)c1cccc([N+](=O)[O-])c1OCCCN1CC=C(c2ccc(F)cc2)CC1. The molecule has 0 N–H and O–H groups in total. The van der Waals surface area contributed by atoms with Crippen LogP contribution in [0.4, 0.5) is 10.1 Å². The molecule has 0 saturated heterocycles. The minimum Gasteiger partial charge on any atom is -0.486 e. The Labute approximate surface area is 173 Å². The fourth-order valence-electron chi connectivity index (χ4n) is 3.39. The molecule has 1 aliphatic rings. The number of nitro groups is 1. The van der Waals surface area contributed by atoms with Gasteiger partial charge in [0, 0.05) is 25.7 Å². The van der Waals surface area contributed by atoms with Crippen molar-refractivity contribution < 1.29 is 23.6 Å². The highest BCUT2D eigenvalue weighted by Crippen LogP contribution is 2.31. The van der Waals surface area contributed by atoms with Gasteiger partial charge in [0.1, 0.15) is 11.4 Å². The van der Waals surface area contributed by atoms with Gasteiger partial charge in [0.2, 0.25) is 5.75 Å². The molecule has 0 fully saturated rings. The molecule has 0 aromatic heterocycles. The fraction of sp³-hybridized carbons (Fsp3) is 0.318. The van der Waals surface area contributed by atoms with Crippen LogP contribution < -0.4 is 4.74 Å². The highest BCUT2D eigenvalue weighted by Gasteiger charge is 2.24. The predicted octanol–water partition coefficient (Wildman–Crippen LogP) is 4.08. The summed E-state index contributed by atoms with van der Waals surface area (Å²) in [5.74, 6) is -0.986. The first-order chi connectivity index (χ1) is 14.5. The molecule has 0 spiro atoms. The van der Waals surface area contributed by atoms with Crippen molar-refractivity contribution in [2.24, 2.45) is 0 Å². The fourth-order valence-corrected chi connectivity index (χ4v) is 3.39. The predicted molar refractivity (Wildman–Crippen MR) is 110 cm³/mol. The molecule has 0 bridgehead atoms. The van der Waals surface area contributed by atoms with Crippen molar-refractivity contribution in [1.29, 1.82) is 0 Å². The number of hydrogen-bond donors (Lipinski definition) is 0. The summed E-state index contributed by atoms with van der Waals surface area (Å²) in [6.45, 7) is 2.62. The van der Waals surface area contributed by atoms with Crippen molar-refractivity contribution in [3.05, 3.63) is 75.6 Å². The van der Waals surface area contributed by atoms with Gasteiger partial charge in [0.25, 0.3) is 0 Å². The summed E-state index contributed by atoms with van der Waals surface area (Å²) in [6, 6.07) is 10.7.